The van der Waals surface area contributed by atoms with Crippen LogP contribution < -0.4 is 0 Å². The minimum Gasteiger partial charge on any atom is -0.460 e. The molecule has 294 valence electrons. The number of ether oxygens (including phenoxy) is 3. The summed E-state index contributed by atoms with van der Waals surface area (Å²) in [7, 11) is 0.725. The highest BCUT2D eigenvalue weighted by atomic mass is 35.5. The van der Waals surface area contributed by atoms with Crippen molar-refractivity contribution < 1.29 is 63.7 Å². The molecule has 0 radical (unpaired) electrons. The molecule has 0 unspecified atom stereocenters. The standard InChI is InChI=1S/C33H33ClF8N6O6/c1-5-10-29(2,3)54-23(49)7-6-13-52-28(51)53-18-47(30(17-43)11-12-30)27(50)21-14-19(8-9-22(21)34)20-15-44-48(16-20)26-24(32(37,38)39)25(45-46(26)4)31(35,36)33(40,41)42/h8-9,14-16H,5-7,10-13,18H2,1-4H3. The van der Waals surface area contributed by atoms with Gasteiger partial charge in [0, 0.05) is 25.2 Å². The number of esters is 1. The Bertz CT molecular complexity index is 1930. The molecular formula is C33H33ClF8N6O6. The Kier molecular flexibility index (Phi) is 12.0. The lowest BCUT2D eigenvalue weighted by atomic mass is 10.0. The van der Waals surface area contributed by atoms with E-state index >= 15 is 0 Å². The fourth-order valence-electron chi connectivity index (χ4n) is 5.48. The fourth-order valence-corrected chi connectivity index (χ4v) is 5.67. The maximum Gasteiger partial charge on any atom is 0.510 e. The number of amides is 1. The van der Waals surface area contributed by atoms with Crippen LogP contribution in [0.3, 0.4) is 0 Å². The first-order chi connectivity index (χ1) is 25.0. The molecule has 1 aliphatic rings. The molecule has 54 heavy (non-hydrogen) atoms. The van der Waals surface area contributed by atoms with Gasteiger partial charge in [-0.15, -0.1) is 0 Å². The third-order valence-corrected chi connectivity index (χ3v) is 8.61. The molecule has 1 amide bonds. The van der Waals surface area contributed by atoms with Gasteiger partial charge in [0.2, 0.25) is 0 Å². The number of hydrogen-bond acceptors (Lipinski definition) is 9. The largest absolute Gasteiger partial charge is 0.510 e. The minimum absolute atomic E-state index is 0.0372. The first-order valence-corrected chi connectivity index (χ1v) is 16.5. The van der Waals surface area contributed by atoms with E-state index in [0.717, 1.165) is 30.8 Å². The summed E-state index contributed by atoms with van der Waals surface area (Å²) in [5.41, 5.74) is -7.20. The van der Waals surface area contributed by atoms with Crippen molar-refractivity contribution in [1.82, 2.24) is 24.5 Å². The number of aromatic nitrogens is 4. The highest BCUT2D eigenvalue weighted by molar-refractivity contribution is 6.34. The van der Waals surface area contributed by atoms with Crippen LogP contribution in [0.25, 0.3) is 16.9 Å². The number of halogens is 9. The molecule has 12 nitrogen and oxygen atoms in total. The maximum absolute atomic E-state index is 14.2. The third-order valence-electron chi connectivity index (χ3n) is 8.28. The first-order valence-electron chi connectivity index (χ1n) is 16.2. The average Bonchev–Trinajstić information content (AvgIpc) is 3.53. The summed E-state index contributed by atoms with van der Waals surface area (Å²) in [6.07, 6.45) is -9.57. The quantitative estimate of drug-likeness (QED) is 0.0685. The molecule has 3 aromatic rings. The summed E-state index contributed by atoms with van der Waals surface area (Å²) in [6.45, 7) is 4.51. The number of nitriles is 1. The van der Waals surface area contributed by atoms with Gasteiger partial charge in [0.05, 0.1) is 29.5 Å². The van der Waals surface area contributed by atoms with E-state index in [1.165, 1.54) is 18.2 Å². The summed E-state index contributed by atoms with van der Waals surface area (Å²) >= 11 is 6.32. The molecule has 1 aliphatic carbocycles. The molecule has 0 bridgehead atoms. The van der Waals surface area contributed by atoms with Crippen LogP contribution >= 0.6 is 11.6 Å². The Morgan fingerprint density at radius 3 is 2.30 bits per heavy atom. The van der Waals surface area contributed by atoms with Crippen LogP contribution in [-0.2, 0) is 38.2 Å². The van der Waals surface area contributed by atoms with Gasteiger partial charge in [0.15, 0.2) is 18.2 Å². The molecule has 1 saturated carbocycles. The van der Waals surface area contributed by atoms with E-state index in [-0.39, 0.29) is 58.7 Å². The number of carbonyl (C=O) groups excluding carboxylic acids is 3. The first kappa shape index (κ1) is 41.8. The maximum atomic E-state index is 14.2. The van der Waals surface area contributed by atoms with E-state index in [1.54, 1.807) is 13.8 Å². The normalized spacial score (nSPS) is 14.3. The van der Waals surface area contributed by atoms with Gasteiger partial charge in [-0.2, -0.15) is 50.6 Å². The molecule has 0 N–H and O–H groups in total. The Hall–Kier alpha value is -4.93. The van der Waals surface area contributed by atoms with Crippen molar-refractivity contribution in [3.05, 3.63) is 52.4 Å². The lowest BCUT2D eigenvalue weighted by Crippen LogP contribution is -2.43. The molecule has 0 saturated heterocycles. The number of benzene rings is 1. The van der Waals surface area contributed by atoms with Crippen LogP contribution in [0.5, 0.6) is 0 Å². The van der Waals surface area contributed by atoms with E-state index in [1.807, 2.05) is 13.0 Å². The van der Waals surface area contributed by atoms with Crippen molar-refractivity contribution in [2.24, 2.45) is 7.05 Å². The SMILES string of the molecule is CCCC(C)(C)OC(=O)CCCOC(=O)OCN(C(=O)c1cc(-c2cnn(-c3c(C(F)(F)F)c(C(F)(F)C(F)(F)F)nn3C)c2)ccc1Cl)C1(C#N)CC1. The highest BCUT2D eigenvalue weighted by Crippen LogP contribution is 2.49. The molecule has 2 heterocycles. The minimum atomic E-state index is -6.40. The monoisotopic (exact) mass is 796 g/mol. The number of alkyl halides is 8. The van der Waals surface area contributed by atoms with Gasteiger partial charge < -0.3 is 14.2 Å². The molecule has 2 aromatic heterocycles. The van der Waals surface area contributed by atoms with Crippen molar-refractivity contribution in [2.45, 2.75) is 88.7 Å². The smallest absolute Gasteiger partial charge is 0.460 e. The molecule has 0 atom stereocenters. The van der Waals surface area contributed by atoms with Crippen LogP contribution in [0.2, 0.25) is 5.02 Å². The second-order valence-corrected chi connectivity index (χ2v) is 13.4. The highest BCUT2D eigenvalue weighted by Gasteiger charge is 2.64. The Morgan fingerprint density at radius 1 is 1.06 bits per heavy atom. The van der Waals surface area contributed by atoms with Crippen LogP contribution in [0.15, 0.2) is 30.6 Å². The van der Waals surface area contributed by atoms with Gasteiger partial charge in [0.1, 0.15) is 16.7 Å². The Labute approximate surface area is 307 Å². The van der Waals surface area contributed by atoms with Crippen LogP contribution in [-0.4, -0.2) is 73.1 Å². The summed E-state index contributed by atoms with van der Waals surface area (Å²) in [4.78, 5) is 39.2. The van der Waals surface area contributed by atoms with Crippen LogP contribution in [0.1, 0.15) is 80.9 Å². The topological polar surface area (TPSA) is 142 Å². The van der Waals surface area contributed by atoms with Gasteiger partial charge in [-0.3, -0.25) is 14.5 Å². The molecule has 1 fully saturated rings. The van der Waals surface area contributed by atoms with E-state index in [9.17, 15) is 54.8 Å². The predicted molar refractivity (Wildman–Crippen MR) is 171 cm³/mol. The van der Waals surface area contributed by atoms with Gasteiger partial charge in [-0.1, -0.05) is 31.0 Å². The molecular weight excluding hydrogens is 764 g/mol. The molecule has 21 heteroatoms. The van der Waals surface area contributed by atoms with Crippen molar-refractivity contribution in [1.29, 1.82) is 5.26 Å². The zero-order valence-electron chi connectivity index (χ0n) is 29.1. The van der Waals surface area contributed by atoms with Gasteiger partial charge in [-0.25, -0.2) is 14.2 Å². The van der Waals surface area contributed by atoms with Crippen molar-refractivity contribution >= 4 is 29.6 Å². The Morgan fingerprint density at radius 2 is 1.72 bits per heavy atom. The summed E-state index contributed by atoms with van der Waals surface area (Å²) < 4.78 is 126. The second kappa shape index (κ2) is 15.4. The molecule has 1 aromatic carbocycles. The lowest BCUT2D eigenvalue weighted by molar-refractivity contribution is -0.292. The number of hydrogen-bond donors (Lipinski definition) is 0. The van der Waals surface area contributed by atoms with E-state index in [2.05, 4.69) is 10.2 Å². The average molecular weight is 797 g/mol. The zero-order valence-corrected chi connectivity index (χ0v) is 29.8. The van der Waals surface area contributed by atoms with E-state index in [0.29, 0.717) is 11.1 Å². The molecule has 0 spiro atoms. The predicted octanol–water partition coefficient (Wildman–Crippen LogP) is 8.11. The van der Waals surface area contributed by atoms with Gasteiger partial charge >= 0.3 is 30.4 Å². The molecule has 0 aliphatic heterocycles. The number of carbonyl (C=O) groups is 3. The summed E-state index contributed by atoms with van der Waals surface area (Å²) in [6, 6.07) is 5.70. The number of nitrogens with zero attached hydrogens (tertiary/aromatic N) is 6. The van der Waals surface area contributed by atoms with Crippen molar-refractivity contribution in [3.8, 4) is 23.0 Å². The van der Waals surface area contributed by atoms with Gasteiger partial charge in [-0.05, 0) is 57.2 Å². The summed E-state index contributed by atoms with van der Waals surface area (Å²) in [5, 5.41) is 16.3. The number of aryl methyl sites for hydroxylation is 1. The lowest BCUT2D eigenvalue weighted by Gasteiger charge is -2.27. The van der Waals surface area contributed by atoms with Crippen LogP contribution in [0, 0.1) is 11.3 Å². The fraction of sp³-hybridized carbons (Fsp3) is 0.515. The van der Waals surface area contributed by atoms with Crippen LogP contribution in [0.4, 0.5) is 39.9 Å². The molecule has 4 rings (SSSR count). The summed E-state index contributed by atoms with van der Waals surface area (Å²) in [5.74, 6) is -8.61. The van der Waals surface area contributed by atoms with Crippen molar-refractivity contribution in [3.63, 3.8) is 0 Å². The zero-order chi connectivity index (χ0) is 40.4. The van der Waals surface area contributed by atoms with Crippen molar-refractivity contribution in [2.75, 3.05) is 13.3 Å². The second-order valence-electron chi connectivity index (χ2n) is 12.9. The third kappa shape index (κ3) is 9.05. The van der Waals surface area contributed by atoms with E-state index < -0.39 is 71.3 Å². The number of rotatable bonds is 14. The van der Waals surface area contributed by atoms with Gasteiger partial charge in [0.25, 0.3) is 5.91 Å². The van der Waals surface area contributed by atoms with E-state index in [4.69, 9.17) is 25.8 Å². The Balaban J connectivity index is 1.53.